The van der Waals surface area contributed by atoms with Crippen molar-refractivity contribution in [1.82, 2.24) is 19.3 Å². The van der Waals surface area contributed by atoms with E-state index >= 15 is 0 Å². The van der Waals surface area contributed by atoms with Gasteiger partial charge in [0.25, 0.3) is 0 Å². The molecule has 11 nitrogen and oxygen atoms in total. The number of rotatable bonds is 10. The maximum Gasteiger partial charge on any atom is 0.351 e. The van der Waals surface area contributed by atoms with Gasteiger partial charge in [-0.3, -0.25) is 13.9 Å². The molecule has 4 rings (SSSR count). The van der Waals surface area contributed by atoms with Crippen LogP contribution in [-0.2, 0) is 23.4 Å². The highest BCUT2D eigenvalue weighted by Crippen LogP contribution is 2.52. The highest BCUT2D eigenvalue weighted by molar-refractivity contribution is 8.00. The number of nitrogen functional groups attached to an aromatic ring is 1. The summed E-state index contributed by atoms with van der Waals surface area (Å²) in [5.74, 6) is -3.26. The summed E-state index contributed by atoms with van der Waals surface area (Å²) in [6, 6.07) is 3.47. The zero-order chi connectivity index (χ0) is 29.9. The Morgan fingerprint density at radius 3 is 2.63 bits per heavy atom. The Labute approximate surface area is 239 Å². The first-order valence-electron chi connectivity index (χ1n) is 13.1. The van der Waals surface area contributed by atoms with Crippen molar-refractivity contribution in [3.8, 4) is 0 Å². The van der Waals surface area contributed by atoms with Gasteiger partial charge < -0.3 is 19.7 Å². The van der Waals surface area contributed by atoms with Crippen molar-refractivity contribution in [2.45, 2.75) is 56.7 Å². The number of aromatic nitrogens is 2. The van der Waals surface area contributed by atoms with Crippen LogP contribution in [0.5, 0.6) is 0 Å². The lowest BCUT2D eigenvalue weighted by Crippen LogP contribution is -2.50. The van der Waals surface area contributed by atoms with E-state index in [9.17, 15) is 27.3 Å². The van der Waals surface area contributed by atoms with Gasteiger partial charge in [0.15, 0.2) is 11.6 Å². The van der Waals surface area contributed by atoms with Crippen LogP contribution in [0, 0.1) is 17.5 Å². The lowest BCUT2D eigenvalue weighted by Gasteiger charge is -2.40. The Kier molecular flexibility index (Phi) is 9.87. The average molecular weight is 620 g/mol. The molecular weight excluding hydrogens is 586 g/mol. The van der Waals surface area contributed by atoms with Gasteiger partial charge in [-0.15, -0.1) is 11.8 Å². The molecule has 3 N–H and O–H groups in total. The van der Waals surface area contributed by atoms with Crippen molar-refractivity contribution in [2.24, 2.45) is 0 Å². The minimum absolute atomic E-state index is 0.123. The molecule has 0 aliphatic carbocycles. The third-order valence-corrected chi connectivity index (χ3v) is 10.4. The lowest BCUT2D eigenvalue weighted by molar-refractivity contribution is -0.149. The first-order valence-corrected chi connectivity index (χ1v) is 15.7. The number of nitrogens with one attached hydrogen (secondary N) is 1. The molecule has 1 aromatic carbocycles. The second kappa shape index (κ2) is 12.8. The number of nitrogens with zero attached hydrogens (tertiary/aromatic N) is 3. The summed E-state index contributed by atoms with van der Waals surface area (Å²) >= 11 is 1.26. The summed E-state index contributed by atoms with van der Waals surface area (Å²) in [7, 11) is -3.92. The van der Waals surface area contributed by atoms with Crippen LogP contribution in [0.3, 0.4) is 0 Å². The number of hydrogen-bond donors (Lipinski definition) is 2. The predicted molar refractivity (Wildman–Crippen MR) is 147 cm³/mol. The van der Waals surface area contributed by atoms with Crippen LogP contribution in [0.2, 0.25) is 0 Å². The van der Waals surface area contributed by atoms with Crippen LogP contribution in [-0.4, -0.2) is 63.2 Å². The third-order valence-electron chi connectivity index (χ3n) is 6.82. The van der Waals surface area contributed by atoms with Gasteiger partial charge in [0.2, 0.25) is 0 Å². The quantitative estimate of drug-likeness (QED) is 0.297. The summed E-state index contributed by atoms with van der Waals surface area (Å²) in [5.41, 5.74) is 2.88. The van der Waals surface area contributed by atoms with E-state index in [4.69, 9.17) is 19.7 Å². The van der Waals surface area contributed by atoms with Gasteiger partial charge in [-0.1, -0.05) is 6.07 Å². The van der Waals surface area contributed by atoms with Crippen LogP contribution in [0.4, 0.5) is 19.0 Å². The molecule has 41 heavy (non-hydrogen) atoms. The van der Waals surface area contributed by atoms with Crippen LogP contribution >= 0.6 is 19.4 Å². The fraction of sp³-hybridized carbons (Fsp3) is 0.560. The second-order valence-corrected chi connectivity index (χ2v) is 13.5. The smallest absolute Gasteiger partial charge is 0.351 e. The molecule has 226 valence electrons. The standard InChI is InChI=1S/C25H33F3N5O6PS/c1-4-37-23(34)25(2,3)31-40(36,32-9-7-15(8-10-32)17-6-5-16(26)11-18(17)27)38-13-21-39-20(14-41-21)33-12-19(28)22(29)30-24(33)35/h5-6,11-12,15,20-21H,4,7-10,13-14H2,1-3H3,(H,31,36)(H2,29,30,35)/t20-,21+,40?/m0/s1. The first kappa shape index (κ1) is 31.5. The monoisotopic (exact) mass is 619 g/mol. The number of hydrogen-bond acceptors (Lipinski definition) is 9. The summed E-state index contributed by atoms with van der Waals surface area (Å²) in [6.07, 6.45) is 0.884. The topological polar surface area (TPSA) is 138 Å². The summed E-state index contributed by atoms with van der Waals surface area (Å²) in [4.78, 5) is 28.2. The van der Waals surface area contributed by atoms with E-state index < -0.39 is 59.8 Å². The number of nitrogens with two attached hydrogens (primary N) is 1. The largest absolute Gasteiger partial charge is 0.465 e. The Morgan fingerprint density at radius 1 is 1.27 bits per heavy atom. The van der Waals surface area contributed by atoms with Gasteiger partial charge in [-0.2, -0.15) is 4.98 Å². The Hall–Kier alpha value is -2.42. The summed E-state index contributed by atoms with van der Waals surface area (Å²) in [6.45, 7) is 5.09. The number of carbonyl (C=O) groups is 1. The predicted octanol–water partition coefficient (Wildman–Crippen LogP) is 3.77. The molecule has 1 unspecified atom stereocenters. The maximum absolute atomic E-state index is 14.4. The molecule has 2 fully saturated rings. The Morgan fingerprint density at radius 2 is 1.98 bits per heavy atom. The molecule has 16 heteroatoms. The van der Waals surface area contributed by atoms with E-state index in [1.54, 1.807) is 11.6 Å². The minimum Gasteiger partial charge on any atom is -0.465 e. The summed E-state index contributed by atoms with van der Waals surface area (Å²) in [5, 5.41) is 2.85. The molecule has 3 atom stereocenters. The molecule has 0 amide bonds. The van der Waals surface area contributed by atoms with Crippen molar-refractivity contribution < 1.29 is 36.5 Å². The number of esters is 1. The van der Waals surface area contributed by atoms with Gasteiger partial charge in [-0.05, 0) is 51.2 Å². The molecule has 2 saturated heterocycles. The van der Waals surface area contributed by atoms with Crippen LogP contribution in [0.1, 0.15) is 51.3 Å². The first-order chi connectivity index (χ1) is 19.3. The fourth-order valence-electron chi connectivity index (χ4n) is 4.67. The zero-order valence-electron chi connectivity index (χ0n) is 22.8. The van der Waals surface area contributed by atoms with E-state index in [0.717, 1.165) is 16.8 Å². The van der Waals surface area contributed by atoms with E-state index in [1.807, 2.05) is 0 Å². The molecule has 2 aliphatic rings. The van der Waals surface area contributed by atoms with Gasteiger partial charge in [0.05, 0.1) is 19.4 Å². The molecule has 0 saturated carbocycles. The minimum atomic E-state index is -3.92. The number of thioether (sulfide) groups is 1. The maximum atomic E-state index is 14.4. The van der Waals surface area contributed by atoms with E-state index in [1.165, 1.54) is 37.7 Å². The van der Waals surface area contributed by atoms with E-state index in [0.29, 0.717) is 18.4 Å². The van der Waals surface area contributed by atoms with E-state index in [-0.39, 0.29) is 38.0 Å². The van der Waals surface area contributed by atoms with Crippen molar-refractivity contribution in [3.05, 3.63) is 57.9 Å². The molecule has 3 heterocycles. The lowest BCUT2D eigenvalue weighted by atomic mass is 9.90. The number of halogens is 3. The second-order valence-electron chi connectivity index (χ2n) is 10.2. The van der Waals surface area contributed by atoms with Crippen LogP contribution in [0.15, 0.2) is 29.2 Å². The molecule has 0 bridgehead atoms. The number of benzene rings is 1. The molecule has 1 aromatic heterocycles. The molecule has 2 aliphatic heterocycles. The molecule has 2 aromatic rings. The van der Waals surface area contributed by atoms with Gasteiger partial charge >= 0.3 is 19.3 Å². The number of anilines is 1. The zero-order valence-corrected chi connectivity index (χ0v) is 24.6. The average Bonchev–Trinajstić information content (AvgIpc) is 3.38. The Balaban J connectivity index is 1.47. The van der Waals surface area contributed by atoms with Crippen molar-refractivity contribution in [1.29, 1.82) is 0 Å². The van der Waals surface area contributed by atoms with Gasteiger partial charge in [0.1, 0.15) is 28.8 Å². The van der Waals surface area contributed by atoms with Crippen LogP contribution in [0.25, 0.3) is 0 Å². The number of carbonyl (C=O) groups excluding carboxylic acids is 1. The Bertz CT molecular complexity index is 1370. The van der Waals surface area contributed by atoms with E-state index in [2.05, 4.69) is 10.1 Å². The van der Waals surface area contributed by atoms with Gasteiger partial charge in [0, 0.05) is 24.9 Å². The molecule has 0 radical (unpaired) electrons. The normalized spacial score (nSPS) is 22.0. The van der Waals surface area contributed by atoms with Crippen molar-refractivity contribution in [2.75, 3.05) is 37.8 Å². The molecular formula is C25H33F3N5O6PS. The van der Waals surface area contributed by atoms with Crippen LogP contribution < -0.4 is 16.5 Å². The number of piperidine rings is 1. The van der Waals surface area contributed by atoms with Crippen molar-refractivity contribution in [3.63, 3.8) is 0 Å². The SMILES string of the molecule is CCOC(=O)C(C)(C)NP(=O)(OC[C@@H]1O[C@H](n2cc(F)c(N)nc2=O)CS1)N1CCC(c2ccc(F)cc2F)CC1. The third kappa shape index (κ3) is 7.33. The number of ether oxygens (including phenoxy) is 2. The highest BCUT2D eigenvalue weighted by Gasteiger charge is 2.44. The summed E-state index contributed by atoms with van der Waals surface area (Å²) < 4.78 is 75.6. The van der Waals surface area contributed by atoms with Gasteiger partial charge in [-0.25, -0.2) is 27.7 Å². The molecule has 0 spiro atoms. The fourth-order valence-corrected chi connectivity index (χ4v) is 8.02. The van der Waals surface area contributed by atoms with Crippen molar-refractivity contribution >= 4 is 31.2 Å². The highest BCUT2D eigenvalue weighted by atomic mass is 32.2.